The van der Waals surface area contributed by atoms with E-state index in [1.165, 1.54) is 29.9 Å². The van der Waals surface area contributed by atoms with Crippen LogP contribution >= 0.6 is 11.3 Å². The molecule has 1 N–H and O–H groups in total. The molecular weight excluding hydrogens is 340 g/mol. The molecule has 1 heterocycles. The Kier molecular flexibility index (Phi) is 5.23. The Bertz CT molecular complexity index is 828. The number of ketones is 1. The topological polar surface area (TPSA) is 85.4 Å². The van der Waals surface area contributed by atoms with Crippen molar-refractivity contribution < 1.29 is 19.1 Å². The fourth-order valence-electron chi connectivity index (χ4n) is 2.77. The van der Waals surface area contributed by atoms with Crippen molar-refractivity contribution in [2.45, 2.75) is 32.6 Å². The second kappa shape index (κ2) is 7.57. The fourth-order valence-corrected chi connectivity index (χ4v) is 3.50. The highest BCUT2D eigenvalue weighted by Crippen LogP contribution is 2.22. The molecule has 7 heteroatoms. The summed E-state index contributed by atoms with van der Waals surface area (Å²) in [6, 6.07) is 5.68. The number of rotatable bonds is 5. The van der Waals surface area contributed by atoms with Crippen LogP contribution in [0.2, 0.25) is 0 Å². The van der Waals surface area contributed by atoms with Gasteiger partial charge < -0.3 is 10.1 Å². The van der Waals surface area contributed by atoms with Gasteiger partial charge in [0, 0.05) is 17.9 Å². The number of carbonyl (C=O) groups excluding carboxylic acids is 3. The molecular formula is C18H18N2O4S. The lowest BCUT2D eigenvalue weighted by molar-refractivity contribution is -0.114. The maximum absolute atomic E-state index is 12.3. The van der Waals surface area contributed by atoms with Crippen molar-refractivity contribution in [3.05, 3.63) is 46.0 Å². The number of ether oxygens (including phenoxy) is 1. The summed E-state index contributed by atoms with van der Waals surface area (Å²) < 4.78 is 5.05. The van der Waals surface area contributed by atoms with Gasteiger partial charge in [-0.3, -0.25) is 9.59 Å². The van der Waals surface area contributed by atoms with Gasteiger partial charge in [0.1, 0.15) is 0 Å². The van der Waals surface area contributed by atoms with E-state index in [0.717, 1.165) is 30.6 Å². The fraction of sp³-hybridized carbons (Fsp3) is 0.333. The van der Waals surface area contributed by atoms with Crippen LogP contribution in [0.5, 0.6) is 0 Å². The second-order valence-electron chi connectivity index (χ2n) is 5.91. The third kappa shape index (κ3) is 4.30. The number of aryl methyl sites for hydroxylation is 2. The van der Waals surface area contributed by atoms with Crippen molar-refractivity contribution in [2.75, 3.05) is 11.9 Å². The molecule has 0 spiro atoms. The molecule has 25 heavy (non-hydrogen) atoms. The Morgan fingerprint density at radius 1 is 1.20 bits per heavy atom. The first-order chi connectivity index (χ1) is 12.0. The second-order valence-corrected chi connectivity index (χ2v) is 6.77. The summed E-state index contributed by atoms with van der Waals surface area (Å²) in [6.07, 6.45) is 4.37. The Morgan fingerprint density at radius 2 is 1.96 bits per heavy atom. The number of benzene rings is 1. The highest BCUT2D eigenvalue weighted by molar-refractivity contribution is 7.14. The predicted octanol–water partition coefficient (Wildman–Crippen LogP) is 3.02. The van der Waals surface area contributed by atoms with Crippen LogP contribution in [0.15, 0.2) is 23.6 Å². The van der Waals surface area contributed by atoms with Gasteiger partial charge in [-0.2, -0.15) is 0 Å². The third-order valence-corrected chi connectivity index (χ3v) is 4.76. The minimum atomic E-state index is -0.681. The van der Waals surface area contributed by atoms with Crippen LogP contribution < -0.4 is 5.32 Å². The van der Waals surface area contributed by atoms with E-state index in [2.05, 4.69) is 10.3 Å². The number of nitrogens with one attached hydrogen (secondary N) is 1. The summed E-state index contributed by atoms with van der Waals surface area (Å²) in [7, 11) is 0. The predicted molar refractivity (Wildman–Crippen MR) is 94.1 cm³/mol. The SMILES string of the molecule is CC(=O)Nc1nc(C(=O)OCC(=O)c2ccc3c(c2)CCCC3)cs1. The number of hydrogen-bond acceptors (Lipinski definition) is 6. The van der Waals surface area contributed by atoms with Gasteiger partial charge >= 0.3 is 5.97 Å². The summed E-state index contributed by atoms with van der Waals surface area (Å²) in [6.45, 7) is 1.03. The van der Waals surface area contributed by atoms with Crippen LogP contribution in [-0.2, 0) is 22.4 Å². The van der Waals surface area contributed by atoms with Gasteiger partial charge in [-0.1, -0.05) is 12.1 Å². The molecule has 130 valence electrons. The first kappa shape index (κ1) is 17.3. The highest BCUT2D eigenvalue weighted by atomic mass is 32.1. The van der Waals surface area contributed by atoms with E-state index < -0.39 is 5.97 Å². The van der Waals surface area contributed by atoms with E-state index in [1.54, 1.807) is 6.07 Å². The average Bonchev–Trinajstić information content (AvgIpc) is 3.06. The maximum atomic E-state index is 12.3. The number of Topliss-reactive ketones (excluding diaryl/α,β-unsaturated/α-hetero) is 1. The van der Waals surface area contributed by atoms with Gasteiger partial charge in [0.15, 0.2) is 23.2 Å². The number of carbonyl (C=O) groups is 3. The van der Waals surface area contributed by atoms with E-state index in [0.29, 0.717) is 10.7 Å². The third-order valence-electron chi connectivity index (χ3n) is 4.00. The molecule has 0 aliphatic heterocycles. The molecule has 1 amide bonds. The van der Waals surface area contributed by atoms with Gasteiger partial charge in [0.25, 0.3) is 0 Å². The molecule has 0 fully saturated rings. The van der Waals surface area contributed by atoms with Crippen molar-refractivity contribution >= 4 is 34.1 Å². The van der Waals surface area contributed by atoms with Crippen molar-refractivity contribution in [3.63, 3.8) is 0 Å². The Balaban J connectivity index is 1.59. The molecule has 1 aliphatic rings. The molecule has 0 bridgehead atoms. The highest BCUT2D eigenvalue weighted by Gasteiger charge is 2.17. The average molecular weight is 358 g/mol. The van der Waals surface area contributed by atoms with Crippen LogP contribution in [0.25, 0.3) is 0 Å². The lowest BCUT2D eigenvalue weighted by Gasteiger charge is -2.16. The number of thiazole rings is 1. The molecule has 0 saturated heterocycles. The zero-order valence-electron chi connectivity index (χ0n) is 13.8. The lowest BCUT2D eigenvalue weighted by atomic mass is 9.90. The number of hydrogen-bond donors (Lipinski definition) is 1. The Labute approximate surface area is 149 Å². The van der Waals surface area contributed by atoms with Crippen LogP contribution in [0.4, 0.5) is 5.13 Å². The van der Waals surface area contributed by atoms with E-state index >= 15 is 0 Å². The molecule has 6 nitrogen and oxygen atoms in total. The molecule has 0 atom stereocenters. The number of amides is 1. The Morgan fingerprint density at radius 3 is 2.72 bits per heavy atom. The number of fused-ring (bicyclic) bond motifs is 1. The first-order valence-corrected chi connectivity index (χ1v) is 8.96. The molecule has 0 radical (unpaired) electrons. The molecule has 2 aromatic rings. The van der Waals surface area contributed by atoms with Crippen molar-refractivity contribution in [1.29, 1.82) is 0 Å². The van der Waals surface area contributed by atoms with Gasteiger partial charge in [0.05, 0.1) is 0 Å². The van der Waals surface area contributed by atoms with Crippen molar-refractivity contribution in [3.8, 4) is 0 Å². The summed E-state index contributed by atoms with van der Waals surface area (Å²) in [5, 5.41) is 4.30. The zero-order valence-corrected chi connectivity index (χ0v) is 14.6. The summed E-state index contributed by atoms with van der Waals surface area (Å²) in [5.74, 6) is -1.19. The maximum Gasteiger partial charge on any atom is 0.358 e. The summed E-state index contributed by atoms with van der Waals surface area (Å²) in [5.41, 5.74) is 3.15. The standard InChI is InChI=1S/C18H18N2O4S/c1-11(21)19-18-20-15(10-25-18)17(23)24-9-16(22)14-7-6-12-4-2-3-5-13(12)8-14/h6-8,10H,2-5,9H2,1H3,(H,19,20,21). The summed E-state index contributed by atoms with van der Waals surface area (Å²) in [4.78, 5) is 39.2. The zero-order chi connectivity index (χ0) is 17.8. The molecule has 3 rings (SSSR count). The van der Waals surface area contributed by atoms with Crippen LogP contribution in [0, 0.1) is 0 Å². The first-order valence-electron chi connectivity index (χ1n) is 8.08. The number of anilines is 1. The lowest BCUT2D eigenvalue weighted by Crippen LogP contribution is -2.15. The molecule has 1 aliphatic carbocycles. The van der Waals surface area contributed by atoms with Crippen molar-refractivity contribution in [1.82, 2.24) is 4.98 Å². The van der Waals surface area contributed by atoms with Crippen LogP contribution in [0.3, 0.4) is 0 Å². The quantitative estimate of drug-likeness (QED) is 0.656. The molecule has 1 aromatic carbocycles. The van der Waals surface area contributed by atoms with Gasteiger partial charge in [-0.15, -0.1) is 11.3 Å². The van der Waals surface area contributed by atoms with E-state index in [-0.39, 0.29) is 24.0 Å². The monoisotopic (exact) mass is 358 g/mol. The molecule has 0 saturated carbocycles. The van der Waals surface area contributed by atoms with Crippen LogP contribution in [-0.4, -0.2) is 29.3 Å². The summed E-state index contributed by atoms with van der Waals surface area (Å²) >= 11 is 1.12. The smallest absolute Gasteiger partial charge is 0.358 e. The van der Waals surface area contributed by atoms with Gasteiger partial charge in [-0.05, 0) is 42.9 Å². The van der Waals surface area contributed by atoms with E-state index in [9.17, 15) is 14.4 Å². The minimum absolute atomic E-state index is 0.0759. The number of aromatic nitrogens is 1. The van der Waals surface area contributed by atoms with Gasteiger partial charge in [0.2, 0.25) is 5.91 Å². The normalized spacial score (nSPS) is 13.0. The van der Waals surface area contributed by atoms with E-state index in [4.69, 9.17) is 4.74 Å². The van der Waals surface area contributed by atoms with Crippen LogP contribution in [0.1, 0.15) is 51.7 Å². The molecule has 1 aromatic heterocycles. The van der Waals surface area contributed by atoms with E-state index in [1.807, 2.05) is 12.1 Å². The van der Waals surface area contributed by atoms with Gasteiger partial charge in [-0.25, -0.2) is 9.78 Å². The molecule has 0 unspecified atom stereocenters. The largest absolute Gasteiger partial charge is 0.453 e. The number of esters is 1. The Hall–Kier alpha value is -2.54. The number of nitrogens with zero attached hydrogens (tertiary/aromatic N) is 1. The van der Waals surface area contributed by atoms with Crippen molar-refractivity contribution in [2.24, 2.45) is 0 Å². The minimum Gasteiger partial charge on any atom is -0.453 e.